The van der Waals surface area contributed by atoms with Crippen molar-refractivity contribution in [3.63, 3.8) is 0 Å². The molecule has 190 valence electrons. The van der Waals surface area contributed by atoms with E-state index in [0.717, 1.165) is 43.5 Å². The molecule has 1 aliphatic rings. The van der Waals surface area contributed by atoms with Crippen LogP contribution in [0.25, 0.3) is 0 Å². The third-order valence-corrected chi connectivity index (χ3v) is 7.09. The van der Waals surface area contributed by atoms with Crippen LogP contribution in [0.2, 0.25) is 0 Å². The monoisotopic (exact) mass is 507 g/mol. The lowest BCUT2D eigenvalue weighted by atomic mass is 10.0. The molecule has 0 bridgehead atoms. The van der Waals surface area contributed by atoms with Gasteiger partial charge in [-0.05, 0) is 76.5 Å². The van der Waals surface area contributed by atoms with Crippen LogP contribution in [0.5, 0.6) is 0 Å². The number of thiazole rings is 1. The second-order valence-corrected chi connectivity index (χ2v) is 10.3. The Balaban J connectivity index is 1.41. The maximum Gasteiger partial charge on any atom is 0.323 e. The molecule has 10 heteroatoms. The second kappa shape index (κ2) is 12.0. The Labute approximate surface area is 215 Å². The number of rotatable bonds is 9. The molecule has 0 fully saturated rings. The zero-order valence-corrected chi connectivity index (χ0v) is 21.6. The van der Waals surface area contributed by atoms with E-state index >= 15 is 0 Å². The van der Waals surface area contributed by atoms with Gasteiger partial charge in [-0.3, -0.25) is 15.1 Å². The van der Waals surface area contributed by atoms with Crippen molar-refractivity contribution in [3.05, 3.63) is 64.4 Å². The molecule has 0 radical (unpaired) electrons. The first-order valence-corrected chi connectivity index (χ1v) is 13.0. The predicted molar refractivity (Wildman–Crippen MR) is 144 cm³/mol. The van der Waals surface area contributed by atoms with Crippen LogP contribution in [0.1, 0.15) is 45.9 Å². The largest absolute Gasteiger partial charge is 0.397 e. The number of fused-ring (bicyclic) bond motifs is 1. The Morgan fingerprint density at radius 1 is 1.06 bits per heavy atom. The molecule has 3 aromatic rings. The van der Waals surface area contributed by atoms with Crippen molar-refractivity contribution in [3.8, 4) is 0 Å². The number of hydrogen-bond donors (Lipinski definition) is 3. The van der Waals surface area contributed by atoms with Crippen LogP contribution >= 0.6 is 11.3 Å². The van der Waals surface area contributed by atoms with Gasteiger partial charge in [0.25, 0.3) is 5.91 Å². The van der Waals surface area contributed by atoms with E-state index < -0.39 is 0 Å². The molecule has 4 rings (SSSR count). The summed E-state index contributed by atoms with van der Waals surface area (Å²) in [6.07, 6.45) is 6.83. The summed E-state index contributed by atoms with van der Waals surface area (Å²) in [7, 11) is 4.03. The summed E-state index contributed by atoms with van der Waals surface area (Å²) in [6, 6.07) is 10.4. The van der Waals surface area contributed by atoms with Gasteiger partial charge in [-0.1, -0.05) is 18.2 Å². The van der Waals surface area contributed by atoms with Gasteiger partial charge in [-0.2, -0.15) is 0 Å². The number of pyridine rings is 1. The molecule has 0 atom stereocenters. The van der Waals surface area contributed by atoms with E-state index in [9.17, 15) is 9.59 Å². The minimum absolute atomic E-state index is 0.179. The third-order valence-electron chi connectivity index (χ3n) is 6.02. The van der Waals surface area contributed by atoms with Crippen LogP contribution in [-0.2, 0) is 19.4 Å². The second-order valence-electron chi connectivity index (χ2n) is 9.20. The van der Waals surface area contributed by atoms with Gasteiger partial charge in [0.2, 0.25) is 0 Å². The van der Waals surface area contributed by atoms with E-state index in [4.69, 9.17) is 5.73 Å². The molecule has 36 heavy (non-hydrogen) atoms. The molecule has 2 heterocycles. The zero-order valence-electron chi connectivity index (χ0n) is 20.8. The van der Waals surface area contributed by atoms with Crippen molar-refractivity contribution in [1.29, 1.82) is 0 Å². The Kier molecular flexibility index (Phi) is 8.50. The van der Waals surface area contributed by atoms with E-state index in [1.54, 1.807) is 52.8 Å². The highest BCUT2D eigenvalue weighted by Crippen LogP contribution is 2.29. The summed E-state index contributed by atoms with van der Waals surface area (Å²) in [4.78, 5) is 39.9. The molecule has 0 unspecified atom stereocenters. The predicted octanol–water partition coefficient (Wildman–Crippen LogP) is 4.24. The summed E-state index contributed by atoms with van der Waals surface area (Å²) < 4.78 is 0. The smallest absolute Gasteiger partial charge is 0.323 e. The fourth-order valence-corrected chi connectivity index (χ4v) is 5.12. The first-order valence-electron chi connectivity index (χ1n) is 12.2. The Morgan fingerprint density at radius 2 is 1.86 bits per heavy atom. The van der Waals surface area contributed by atoms with Gasteiger partial charge in [0, 0.05) is 24.2 Å². The van der Waals surface area contributed by atoms with Crippen molar-refractivity contribution < 1.29 is 9.59 Å². The number of nitrogens with zero attached hydrogens (tertiary/aromatic N) is 4. The van der Waals surface area contributed by atoms with Gasteiger partial charge in [-0.25, -0.2) is 9.78 Å². The number of aromatic nitrogens is 2. The number of aryl methyl sites for hydroxylation is 2. The lowest BCUT2D eigenvalue weighted by Gasteiger charge is -2.23. The number of carbonyl (C=O) groups is 2. The number of nitrogens with two attached hydrogens (primary N) is 1. The molecule has 4 N–H and O–H groups in total. The van der Waals surface area contributed by atoms with Crippen LogP contribution < -0.4 is 16.4 Å². The van der Waals surface area contributed by atoms with Crippen molar-refractivity contribution in [2.45, 2.75) is 38.6 Å². The maximum atomic E-state index is 13.2. The van der Waals surface area contributed by atoms with E-state index in [-0.39, 0.29) is 17.6 Å². The van der Waals surface area contributed by atoms with E-state index in [1.807, 2.05) is 20.2 Å². The van der Waals surface area contributed by atoms with Crippen LogP contribution in [0, 0.1) is 0 Å². The lowest BCUT2D eigenvalue weighted by molar-refractivity contribution is 0.102. The molecule has 0 saturated carbocycles. The topological polar surface area (TPSA) is 116 Å². The van der Waals surface area contributed by atoms with Crippen LogP contribution in [-0.4, -0.2) is 58.9 Å². The fourth-order valence-electron chi connectivity index (χ4n) is 4.08. The molecule has 1 aliphatic carbocycles. The summed E-state index contributed by atoms with van der Waals surface area (Å²) in [5, 5.41) is 6.45. The number of para-hydroxylation sites is 2. The van der Waals surface area contributed by atoms with Gasteiger partial charge >= 0.3 is 6.03 Å². The Bertz CT molecular complexity index is 1170. The van der Waals surface area contributed by atoms with Gasteiger partial charge in [-0.15, -0.1) is 11.3 Å². The Hall–Kier alpha value is -3.50. The maximum absolute atomic E-state index is 13.2. The van der Waals surface area contributed by atoms with Gasteiger partial charge < -0.3 is 20.9 Å². The number of nitrogens with one attached hydrogen (secondary N) is 2. The van der Waals surface area contributed by atoms with Crippen molar-refractivity contribution in [1.82, 2.24) is 19.8 Å². The van der Waals surface area contributed by atoms with E-state index in [0.29, 0.717) is 29.6 Å². The average molecular weight is 508 g/mol. The molecule has 3 amide bonds. The molecule has 2 aromatic heterocycles. The highest BCUT2D eigenvalue weighted by molar-refractivity contribution is 7.15. The molecular formula is C26H33N7O2S. The standard InChI is InChI=1S/C26H33N7O2S/c1-32(2)14-7-15-33(26(35)31-25-30-21-10-5-6-11-23(21)36-25)17-18-12-13-22(28-16-18)24(34)29-20-9-4-3-8-19(20)27/h3-4,8-9,12-13,16H,5-7,10-11,14-15,17,27H2,1-2H3,(H,29,34)(H,30,31,35). The van der Waals surface area contributed by atoms with Gasteiger partial charge in [0.05, 0.1) is 17.1 Å². The molecule has 0 saturated heterocycles. The first kappa shape index (κ1) is 25.6. The highest BCUT2D eigenvalue weighted by atomic mass is 32.1. The number of benzene rings is 1. The van der Waals surface area contributed by atoms with Crippen LogP contribution in [0.15, 0.2) is 42.6 Å². The number of carbonyl (C=O) groups excluding carboxylic acids is 2. The lowest BCUT2D eigenvalue weighted by Crippen LogP contribution is -2.36. The summed E-state index contributed by atoms with van der Waals surface area (Å²) in [5.74, 6) is -0.340. The van der Waals surface area contributed by atoms with Gasteiger partial charge in [0.1, 0.15) is 5.69 Å². The highest BCUT2D eigenvalue weighted by Gasteiger charge is 2.20. The summed E-state index contributed by atoms with van der Waals surface area (Å²) >= 11 is 1.58. The Morgan fingerprint density at radius 3 is 2.58 bits per heavy atom. The summed E-state index contributed by atoms with van der Waals surface area (Å²) in [6.45, 7) is 1.84. The van der Waals surface area contributed by atoms with Crippen molar-refractivity contribution in [2.24, 2.45) is 0 Å². The zero-order chi connectivity index (χ0) is 25.5. The number of hydrogen-bond acceptors (Lipinski definition) is 7. The number of anilines is 3. The quantitative estimate of drug-likeness (QED) is 0.373. The average Bonchev–Trinajstić information content (AvgIpc) is 3.27. The summed E-state index contributed by atoms with van der Waals surface area (Å²) in [5.41, 5.74) is 9.18. The van der Waals surface area contributed by atoms with E-state index in [1.165, 1.54) is 11.3 Å². The number of urea groups is 1. The minimum atomic E-state index is -0.340. The number of amides is 3. The molecule has 0 aliphatic heterocycles. The van der Waals surface area contributed by atoms with Crippen LogP contribution in [0.3, 0.4) is 0 Å². The van der Waals surface area contributed by atoms with Crippen molar-refractivity contribution >= 4 is 39.8 Å². The van der Waals surface area contributed by atoms with E-state index in [2.05, 4.69) is 25.5 Å². The number of nitrogen functional groups attached to an aromatic ring is 1. The molecule has 1 aromatic carbocycles. The first-order chi connectivity index (χ1) is 17.4. The van der Waals surface area contributed by atoms with Crippen molar-refractivity contribution in [2.75, 3.05) is 43.6 Å². The fraction of sp³-hybridized carbons (Fsp3) is 0.385. The molecule has 9 nitrogen and oxygen atoms in total. The molecule has 0 spiro atoms. The van der Waals surface area contributed by atoms with Gasteiger partial charge in [0.15, 0.2) is 5.13 Å². The third kappa shape index (κ3) is 6.79. The van der Waals surface area contributed by atoms with Crippen LogP contribution in [0.4, 0.5) is 21.3 Å². The normalized spacial score (nSPS) is 12.8. The minimum Gasteiger partial charge on any atom is -0.397 e. The molecular weight excluding hydrogens is 474 g/mol. The SMILES string of the molecule is CN(C)CCCN(Cc1ccc(C(=O)Nc2ccccc2N)nc1)C(=O)Nc1nc2c(s1)CCCC2.